The van der Waals surface area contributed by atoms with Crippen LogP contribution in [0.1, 0.15) is 23.6 Å². The minimum absolute atomic E-state index is 0.131. The van der Waals surface area contributed by atoms with Gasteiger partial charge >= 0.3 is 5.97 Å². The fourth-order valence-corrected chi connectivity index (χ4v) is 2.45. The van der Waals surface area contributed by atoms with E-state index in [1.807, 2.05) is 6.07 Å². The zero-order valence-electron chi connectivity index (χ0n) is 12.4. The van der Waals surface area contributed by atoms with Gasteiger partial charge in [-0.1, -0.05) is 0 Å². The third kappa shape index (κ3) is 5.30. The highest BCUT2D eigenvalue weighted by Gasteiger charge is 2.19. The van der Waals surface area contributed by atoms with Crippen LogP contribution in [-0.2, 0) is 22.5 Å². The van der Waals surface area contributed by atoms with Gasteiger partial charge in [-0.25, -0.2) is 0 Å². The number of ether oxygens (including phenoxy) is 1. The Balaban J connectivity index is 2.40. The average Bonchev–Trinajstić information content (AvgIpc) is 2.76. The van der Waals surface area contributed by atoms with Crippen LogP contribution in [0.4, 0.5) is 0 Å². The van der Waals surface area contributed by atoms with E-state index >= 15 is 0 Å². The molecule has 0 saturated carbocycles. The molecular weight excluding hydrogens is 260 g/mol. The van der Waals surface area contributed by atoms with Crippen molar-refractivity contribution in [1.29, 1.82) is 0 Å². The molecule has 1 heterocycles. The lowest BCUT2D eigenvalue weighted by Gasteiger charge is -2.32. The van der Waals surface area contributed by atoms with Crippen molar-refractivity contribution in [3.8, 4) is 0 Å². The normalized spacial score (nSPS) is 11.9. The minimum atomic E-state index is -0.185. The summed E-state index contributed by atoms with van der Waals surface area (Å²) in [5, 5.41) is 3.46. The van der Waals surface area contributed by atoms with Gasteiger partial charge in [0.2, 0.25) is 0 Å². The number of nitrogens with zero attached hydrogens (tertiary/aromatic N) is 1. The van der Waals surface area contributed by atoms with Gasteiger partial charge in [0, 0.05) is 28.4 Å². The SMILES string of the molecule is COC(=O)Cc1ccc(CNCC(C)(C)N(C)C)s1. The molecule has 0 aliphatic rings. The summed E-state index contributed by atoms with van der Waals surface area (Å²) in [6.07, 6.45) is 0.365. The topological polar surface area (TPSA) is 41.6 Å². The van der Waals surface area contributed by atoms with Crippen LogP contribution in [0.25, 0.3) is 0 Å². The Morgan fingerprint density at radius 3 is 2.58 bits per heavy atom. The largest absolute Gasteiger partial charge is 0.469 e. The monoisotopic (exact) mass is 284 g/mol. The molecule has 1 N–H and O–H groups in total. The zero-order valence-corrected chi connectivity index (χ0v) is 13.3. The summed E-state index contributed by atoms with van der Waals surface area (Å²) in [6.45, 7) is 6.17. The first-order valence-corrected chi connectivity index (χ1v) is 7.19. The van der Waals surface area contributed by atoms with Crippen molar-refractivity contribution in [1.82, 2.24) is 10.2 Å². The van der Waals surface area contributed by atoms with Gasteiger partial charge in [0.1, 0.15) is 0 Å². The van der Waals surface area contributed by atoms with Crippen LogP contribution in [0, 0.1) is 0 Å². The van der Waals surface area contributed by atoms with Crippen LogP contribution < -0.4 is 5.32 Å². The van der Waals surface area contributed by atoms with E-state index < -0.39 is 0 Å². The maximum absolute atomic E-state index is 11.2. The molecule has 0 aliphatic heterocycles. The number of hydrogen-bond acceptors (Lipinski definition) is 5. The smallest absolute Gasteiger partial charge is 0.310 e. The first-order valence-electron chi connectivity index (χ1n) is 6.37. The van der Waals surface area contributed by atoms with E-state index in [-0.39, 0.29) is 11.5 Å². The molecule has 0 atom stereocenters. The maximum atomic E-state index is 11.2. The highest BCUT2D eigenvalue weighted by atomic mass is 32.1. The summed E-state index contributed by atoms with van der Waals surface area (Å²) >= 11 is 1.66. The van der Waals surface area contributed by atoms with Gasteiger partial charge in [-0.3, -0.25) is 4.79 Å². The number of thiophene rings is 1. The number of rotatable bonds is 7. The third-order valence-corrected chi connectivity index (χ3v) is 4.42. The summed E-state index contributed by atoms with van der Waals surface area (Å²) in [7, 11) is 5.59. The second-order valence-electron chi connectivity index (χ2n) is 5.43. The standard InChI is InChI=1S/C14H24N2O2S/c1-14(2,16(3)4)10-15-9-12-7-6-11(19-12)8-13(17)18-5/h6-7,15H,8-10H2,1-5H3. The number of carbonyl (C=O) groups is 1. The molecule has 5 heteroatoms. The van der Waals surface area contributed by atoms with Crippen molar-refractivity contribution < 1.29 is 9.53 Å². The Hall–Kier alpha value is -0.910. The number of methoxy groups -OCH3 is 1. The lowest BCUT2D eigenvalue weighted by Crippen LogP contribution is -2.46. The van der Waals surface area contributed by atoms with Gasteiger partial charge in [0.05, 0.1) is 13.5 Å². The van der Waals surface area contributed by atoms with Crippen LogP contribution in [0.2, 0.25) is 0 Å². The molecule has 0 aliphatic carbocycles. The molecular formula is C14H24N2O2S. The van der Waals surface area contributed by atoms with E-state index in [0.29, 0.717) is 6.42 Å². The van der Waals surface area contributed by atoms with Gasteiger partial charge in [0.25, 0.3) is 0 Å². The molecule has 1 rings (SSSR count). The molecule has 0 unspecified atom stereocenters. The lowest BCUT2D eigenvalue weighted by atomic mass is 10.0. The van der Waals surface area contributed by atoms with E-state index in [9.17, 15) is 4.79 Å². The van der Waals surface area contributed by atoms with Crippen LogP contribution >= 0.6 is 11.3 Å². The number of nitrogens with one attached hydrogen (secondary N) is 1. The molecule has 4 nitrogen and oxygen atoms in total. The molecule has 0 aromatic carbocycles. The van der Waals surface area contributed by atoms with E-state index in [1.165, 1.54) is 12.0 Å². The van der Waals surface area contributed by atoms with Gasteiger partial charge in [0.15, 0.2) is 0 Å². The van der Waals surface area contributed by atoms with Crippen molar-refractivity contribution in [2.75, 3.05) is 27.7 Å². The van der Waals surface area contributed by atoms with Gasteiger partial charge in [-0.2, -0.15) is 0 Å². The summed E-state index contributed by atoms with van der Waals surface area (Å²) in [4.78, 5) is 15.7. The Bertz CT molecular complexity index is 413. The van der Waals surface area contributed by atoms with E-state index in [2.05, 4.69) is 49.0 Å². The van der Waals surface area contributed by atoms with Crippen LogP contribution in [-0.4, -0.2) is 44.2 Å². The summed E-state index contributed by atoms with van der Waals surface area (Å²) in [5.41, 5.74) is 0.131. The molecule has 1 aromatic heterocycles. The Morgan fingerprint density at radius 2 is 2.00 bits per heavy atom. The summed E-state index contributed by atoms with van der Waals surface area (Å²) in [5.74, 6) is -0.185. The van der Waals surface area contributed by atoms with Crippen molar-refractivity contribution in [3.63, 3.8) is 0 Å². The third-order valence-electron chi connectivity index (χ3n) is 3.33. The number of likely N-dealkylation sites (N-methyl/N-ethyl adjacent to an activating group) is 1. The van der Waals surface area contributed by atoms with Crippen LogP contribution in [0.15, 0.2) is 12.1 Å². The first-order chi connectivity index (χ1) is 8.85. The van der Waals surface area contributed by atoms with Crippen molar-refractivity contribution in [3.05, 3.63) is 21.9 Å². The van der Waals surface area contributed by atoms with Crippen LogP contribution in [0.5, 0.6) is 0 Å². The van der Waals surface area contributed by atoms with Gasteiger partial charge in [-0.05, 0) is 40.1 Å². The molecule has 0 bridgehead atoms. The van der Waals surface area contributed by atoms with Crippen molar-refractivity contribution in [2.24, 2.45) is 0 Å². The van der Waals surface area contributed by atoms with Crippen molar-refractivity contribution >= 4 is 17.3 Å². The van der Waals surface area contributed by atoms with E-state index in [1.54, 1.807) is 11.3 Å². The average molecular weight is 284 g/mol. The van der Waals surface area contributed by atoms with E-state index in [0.717, 1.165) is 18.0 Å². The number of carbonyl (C=O) groups excluding carboxylic acids is 1. The predicted molar refractivity (Wildman–Crippen MR) is 79.5 cm³/mol. The Labute approximate surface area is 119 Å². The zero-order chi connectivity index (χ0) is 14.5. The van der Waals surface area contributed by atoms with Crippen molar-refractivity contribution in [2.45, 2.75) is 32.4 Å². The fraction of sp³-hybridized carbons (Fsp3) is 0.643. The molecule has 0 amide bonds. The van der Waals surface area contributed by atoms with Crippen LogP contribution in [0.3, 0.4) is 0 Å². The van der Waals surface area contributed by atoms with E-state index in [4.69, 9.17) is 0 Å². The highest BCUT2D eigenvalue weighted by molar-refractivity contribution is 7.12. The van der Waals surface area contributed by atoms with Gasteiger partial charge < -0.3 is 15.0 Å². The number of hydrogen-bond donors (Lipinski definition) is 1. The molecule has 0 saturated heterocycles. The number of esters is 1. The summed E-state index contributed by atoms with van der Waals surface area (Å²) < 4.78 is 4.66. The fourth-order valence-electron chi connectivity index (χ4n) is 1.48. The quantitative estimate of drug-likeness (QED) is 0.777. The second kappa shape index (κ2) is 7.03. The minimum Gasteiger partial charge on any atom is -0.469 e. The highest BCUT2D eigenvalue weighted by Crippen LogP contribution is 2.17. The summed E-state index contributed by atoms with van der Waals surface area (Å²) in [6, 6.07) is 4.06. The Kier molecular flexibility index (Phi) is 5.97. The molecule has 19 heavy (non-hydrogen) atoms. The molecule has 108 valence electrons. The van der Waals surface area contributed by atoms with Gasteiger partial charge in [-0.15, -0.1) is 11.3 Å². The first kappa shape index (κ1) is 16.1. The molecule has 0 radical (unpaired) electrons. The lowest BCUT2D eigenvalue weighted by molar-refractivity contribution is -0.139. The maximum Gasteiger partial charge on any atom is 0.310 e. The molecule has 1 aromatic rings. The molecule has 0 spiro atoms. The second-order valence-corrected chi connectivity index (χ2v) is 6.68. The predicted octanol–water partition coefficient (Wildman–Crippen LogP) is 1.89. The Morgan fingerprint density at radius 1 is 1.37 bits per heavy atom. The molecule has 0 fully saturated rings.